The largest absolute Gasteiger partial charge is 0.384 e. The number of likely N-dealkylation sites (tertiary alicyclic amines) is 2. The van der Waals surface area contributed by atoms with E-state index in [0.29, 0.717) is 25.9 Å². The summed E-state index contributed by atoms with van der Waals surface area (Å²) in [5.41, 5.74) is 4.76. The molecule has 0 N–H and O–H groups in total. The molecule has 2 aromatic heterocycles. The molecule has 2 aliphatic rings. The Morgan fingerprint density at radius 2 is 1.87 bits per heavy atom. The summed E-state index contributed by atoms with van der Waals surface area (Å²) < 4.78 is 6.95. The summed E-state index contributed by atoms with van der Waals surface area (Å²) in [6.07, 6.45) is 5.69. The lowest BCUT2D eigenvalue weighted by Gasteiger charge is -2.23. The third-order valence-electron chi connectivity index (χ3n) is 6.67. The van der Waals surface area contributed by atoms with Gasteiger partial charge in [-0.05, 0) is 51.5 Å². The number of ether oxygens (including phenoxy) is 1. The van der Waals surface area contributed by atoms with Crippen LogP contribution in [0.5, 0.6) is 0 Å². The van der Waals surface area contributed by atoms with E-state index in [9.17, 15) is 9.59 Å². The Balaban J connectivity index is 1.54. The van der Waals surface area contributed by atoms with Crippen molar-refractivity contribution in [1.29, 1.82) is 0 Å². The molecular formula is C23H33N5O3. The lowest BCUT2D eigenvalue weighted by Crippen LogP contribution is -2.31. The second kappa shape index (κ2) is 9.34. The Hall–Kier alpha value is -2.48. The molecule has 4 heterocycles. The molecule has 2 fully saturated rings. The average molecular weight is 428 g/mol. The highest BCUT2D eigenvalue weighted by Crippen LogP contribution is 2.32. The highest BCUT2D eigenvalue weighted by molar-refractivity contribution is 5.77. The summed E-state index contributed by atoms with van der Waals surface area (Å²) >= 11 is 0. The monoisotopic (exact) mass is 427 g/mol. The van der Waals surface area contributed by atoms with Crippen LogP contribution in [0.4, 0.5) is 0 Å². The maximum Gasteiger partial charge on any atom is 0.225 e. The number of hydrogen-bond acceptors (Lipinski definition) is 5. The Morgan fingerprint density at radius 1 is 1.10 bits per heavy atom. The van der Waals surface area contributed by atoms with Crippen LogP contribution >= 0.6 is 0 Å². The third-order valence-corrected chi connectivity index (χ3v) is 6.67. The zero-order valence-electron chi connectivity index (χ0n) is 18.9. The lowest BCUT2D eigenvalue weighted by atomic mass is 10.1. The molecule has 1 atom stereocenters. The molecule has 0 bridgehead atoms. The van der Waals surface area contributed by atoms with Crippen LogP contribution in [0.2, 0.25) is 0 Å². The van der Waals surface area contributed by atoms with Gasteiger partial charge >= 0.3 is 0 Å². The van der Waals surface area contributed by atoms with Crippen LogP contribution in [0.25, 0.3) is 5.65 Å². The van der Waals surface area contributed by atoms with Crippen LogP contribution in [0.15, 0.2) is 6.07 Å². The molecule has 0 unspecified atom stereocenters. The van der Waals surface area contributed by atoms with Gasteiger partial charge in [0.1, 0.15) is 0 Å². The maximum absolute atomic E-state index is 12.6. The first-order valence-corrected chi connectivity index (χ1v) is 11.4. The van der Waals surface area contributed by atoms with Crippen molar-refractivity contribution in [1.82, 2.24) is 24.4 Å². The van der Waals surface area contributed by atoms with Crippen LogP contribution in [-0.2, 0) is 20.7 Å². The van der Waals surface area contributed by atoms with Gasteiger partial charge in [0.2, 0.25) is 11.8 Å². The summed E-state index contributed by atoms with van der Waals surface area (Å²) in [6.45, 7) is 7.02. The number of nitrogens with zero attached hydrogens (tertiary/aromatic N) is 5. The molecule has 0 aliphatic carbocycles. The van der Waals surface area contributed by atoms with E-state index in [1.165, 1.54) is 0 Å². The summed E-state index contributed by atoms with van der Waals surface area (Å²) in [5.74, 6) is 0.345. The Labute approximate surface area is 183 Å². The molecule has 0 aromatic carbocycles. The first kappa shape index (κ1) is 21.7. The molecule has 2 saturated heterocycles. The normalized spacial score (nSPS) is 19.0. The second-order valence-corrected chi connectivity index (χ2v) is 8.68. The molecule has 168 valence electrons. The fourth-order valence-corrected chi connectivity index (χ4v) is 4.93. The number of aryl methyl sites for hydroxylation is 2. The van der Waals surface area contributed by atoms with Crippen molar-refractivity contribution in [3.05, 3.63) is 28.7 Å². The lowest BCUT2D eigenvalue weighted by molar-refractivity contribution is -0.133. The third kappa shape index (κ3) is 4.44. The average Bonchev–Trinajstić information content (AvgIpc) is 3.51. The van der Waals surface area contributed by atoms with Crippen LogP contribution in [0, 0.1) is 13.8 Å². The molecule has 0 radical (unpaired) electrons. The van der Waals surface area contributed by atoms with Gasteiger partial charge in [-0.25, -0.2) is 9.50 Å². The van der Waals surface area contributed by atoms with Crippen LogP contribution in [0.3, 0.4) is 0 Å². The first-order chi connectivity index (χ1) is 15.0. The molecule has 8 heteroatoms. The fraction of sp³-hybridized carbons (Fsp3) is 0.652. The van der Waals surface area contributed by atoms with Gasteiger partial charge in [0.25, 0.3) is 0 Å². The molecule has 4 rings (SSSR count). The number of carbonyl (C=O) groups is 2. The van der Waals surface area contributed by atoms with E-state index in [0.717, 1.165) is 73.6 Å². The zero-order chi connectivity index (χ0) is 22.0. The van der Waals surface area contributed by atoms with Gasteiger partial charge in [-0.3, -0.25) is 9.59 Å². The van der Waals surface area contributed by atoms with Gasteiger partial charge in [-0.2, -0.15) is 5.10 Å². The zero-order valence-corrected chi connectivity index (χ0v) is 18.9. The minimum Gasteiger partial charge on any atom is -0.384 e. The van der Waals surface area contributed by atoms with E-state index in [-0.39, 0.29) is 17.9 Å². The van der Waals surface area contributed by atoms with E-state index in [1.54, 1.807) is 7.11 Å². The molecule has 31 heavy (non-hydrogen) atoms. The van der Waals surface area contributed by atoms with E-state index < -0.39 is 0 Å². The standard InChI is InChI=1S/C23H33N5O3/c1-16-18(8-9-22(29)26-11-4-5-12-26)17(2)28-21(24-16)15-19(25-28)20-7-6-13-27(20)23(30)10-14-31-3/h15,20H,4-14H2,1-3H3/t20-/m0/s1. The van der Waals surface area contributed by atoms with Crippen molar-refractivity contribution in [3.63, 3.8) is 0 Å². The van der Waals surface area contributed by atoms with Crippen molar-refractivity contribution in [2.75, 3.05) is 33.4 Å². The smallest absolute Gasteiger partial charge is 0.225 e. The summed E-state index contributed by atoms with van der Waals surface area (Å²) in [4.78, 5) is 33.8. The molecule has 2 amide bonds. The molecule has 2 aliphatic heterocycles. The number of amides is 2. The minimum absolute atomic E-state index is 0.00837. The van der Waals surface area contributed by atoms with E-state index in [4.69, 9.17) is 14.8 Å². The van der Waals surface area contributed by atoms with Gasteiger partial charge in [-0.1, -0.05) is 0 Å². The molecule has 0 saturated carbocycles. The second-order valence-electron chi connectivity index (χ2n) is 8.68. The minimum atomic E-state index is -0.00837. The number of aromatic nitrogens is 3. The van der Waals surface area contributed by atoms with Crippen LogP contribution in [-0.4, -0.2) is 69.6 Å². The molecule has 2 aromatic rings. The first-order valence-electron chi connectivity index (χ1n) is 11.4. The number of carbonyl (C=O) groups excluding carboxylic acids is 2. The topological polar surface area (TPSA) is 80.0 Å². The summed E-state index contributed by atoms with van der Waals surface area (Å²) in [5, 5.41) is 4.85. The number of fused-ring (bicyclic) bond motifs is 1. The van der Waals surface area contributed by atoms with Crippen molar-refractivity contribution >= 4 is 17.5 Å². The van der Waals surface area contributed by atoms with Gasteiger partial charge in [-0.15, -0.1) is 0 Å². The maximum atomic E-state index is 12.6. The van der Waals surface area contributed by atoms with Crippen molar-refractivity contribution in [2.24, 2.45) is 0 Å². The summed E-state index contributed by atoms with van der Waals surface area (Å²) in [7, 11) is 1.62. The van der Waals surface area contributed by atoms with Gasteiger partial charge in [0.05, 0.1) is 24.8 Å². The van der Waals surface area contributed by atoms with E-state index >= 15 is 0 Å². The predicted molar refractivity (Wildman–Crippen MR) is 117 cm³/mol. The van der Waals surface area contributed by atoms with E-state index in [1.807, 2.05) is 34.2 Å². The predicted octanol–water partition coefficient (Wildman–Crippen LogP) is 2.60. The van der Waals surface area contributed by atoms with E-state index in [2.05, 4.69) is 0 Å². The van der Waals surface area contributed by atoms with Crippen molar-refractivity contribution < 1.29 is 14.3 Å². The number of methoxy groups -OCH3 is 1. The van der Waals surface area contributed by atoms with Crippen LogP contribution in [0.1, 0.15) is 67.2 Å². The summed E-state index contributed by atoms with van der Waals surface area (Å²) in [6, 6.07) is 2.00. The number of hydrogen-bond donors (Lipinski definition) is 0. The number of rotatable bonds is 7. The Morgan fingerprint density at radius 3 is 2.61 bits per heavy atom. The van der Waals surface area contributed by atoms with Gasteiger partial charge < -0.3 is 14.5 Å². The fourth-order valence-electron chi connectivity index (χ4n) is 4.93. The van der Waals surface area contributed by atoms with Crippen molar-refractivity contribution in [3.8, 4) is 0 Å². The Kier molecular flexibility index (Phi) is 6.55. The quantitative estimate of drug-likeness (QED) is 0.679. The molecule has 0 spiro atoms. The molecule has 8 nitrogen and oxygen atoms in total. The SMILES string of the molecule is COCCC(=O)N1CCC[C@H]1c1cc2nc(C)c(CCC(=O)N3CCCC3)c(C)n2n1. The Bertz CT molecular complexity index is 964. The van der Waals surface area contributed by atoms with Gasteiger partial charge in [0, 0.05) is 50.6 Å². The van der Waals surface area contributed by atoms with Crippen LogP contribution < -0.4 is 0 Å². The highest BCUT2D eigenvalue weighted by atomic mass is 16.5. The molecular weight excluding hydrogens is 394 g/mol. The van der Waals surface area contributed by atoms with Gasteiger partial charge in [0.15, 0.2) is 5.65 Å². The van der Waals surface area contributed by atoms with Crippen molar-refractivity contribution in [2.45, 2.75) is 64.8 Å². The highest BCUT2D eigenvalue weighted by Gasteiger charge is 2.32.